The van der Waals surface area contributed by atoms with Crippen molar-refractivity contribution in [3.05, 3.63) is 33.3 Å². The zero-order valence-electron chi connectivity index (χ0n) is 11.9. The largest absolute Gasteiger partial charge is 0.283 e. The van der Waals surface area contributed by atoms with Crippen molar-refractivity contribution in [3.63, 3.8) is 0 Å². The highest BCUT2D eigenvalue weighted by Gasteiger charge is 2.18. The normalized spacial score (nSPS) is 11.9. The van der Waals surface area contributed by atoms with E-state index < -0.39 is 10.0 Å². The molecule has 0 amide bonds. The van der Waals surface area contributed by atoms with Crippen LogP contribution in [0.1, 0.15) is 27.4 Å². The Balaban J connectivity index is 1.90. The Labute approximate surface area is 123 Å². The number of hydrogen-bond acceptors (Lipinski definition) is 4. The smallest absolute Gasteiger partial charge is 0.241 e. The summed E-state index contributed by atoms with van der Waals surface area (Å²) in [5, 5.41) is 6.82. The van der Waals surface area contributed by atoms with Crippen LogP contribution in [0.15, 0.2) is 17.2 Å². The highest BCUT2D eigenvalue weighted by molar-refractivity contribution is 7.89. The van der Waals surface area contributed by atoms with Crippen LogP contribution in [0.4, 0.5) is 0 Å². The molecule has 0 saturated carbocycles. The molecule has 110 valence electrons. The quantitative estimate of drug-likeness (QED) is 0.804. The van der Waals surface area contributed by atoms with Gasteiger partial charge in [-0.2, -0.15) is 5.10 Å². The minimum absolute atomic E-state index is 0.402. The molecular formula is C13H19N3O2S2. The molecule has 0 saturated heterocycles. The van der Waals surface area contributed by atoms with Crippen molar-refractivity contribution >= 4 is 21.4 Å². The highest BCUT2D eigenvalue weighted by Crippen LogP contribution is 2.24. The summed E-state index contributed by atoms with van der Waals surface area (Å²) in [5.41, 5.74) is 2.17. The number of aromatic nitrogens is 2. The first kappa shape index (κ1) is 15.2. The Morgan fingerprint density at radius 3 is 2.65 bits per heavy atom. The topological polar surface area (TPSA) is 74.8 Å². The molecule has 0 fully saturated rings. The van der Waals surface area contributed by atoms with Gasteiger partial charge >= 0.3 is 0 Å². The molecule has 5 nitrogen and oxygen atoms in total. The SMILES string of the molecule is Cc1cc(S(=O)(=O)NCCCc2cn[nH]c2C)c(C)s1. The zero-order chi connectivity index (χ0) is 14.8. The number of sulfonamides is 1. The number of aryl methyl sites for hydroxylation is 4. The maximum Gasteiger partial charge on any atom is 0.241 e. The highest BCUT2D eigenvalue weighted by atomic mass is 32.2. The number of aromatic amines is 1. The van der Waals surface area contributed by atoms with Crippen molar-refractivity contribution in [1.29, 1.82) is 0 Å². The molecule has 0 radical (unpaired) electrons. The molecule has 2 rings (SSSR count). The number of H-pyrrole nitrogens is 1. The number of nitrogens with one attached hydrogen (secondary N) is 2. The first-order chi connectivity index (χ1) is 9.40. The third-order valence-corrected chi connectivity index (χ3v) is 5.82. The molecule has 2 N–H and O–H groups in total. The molecule has 0 atom stereocenters. The number of hydrogen-bond donors (Lipinski definition) is 2. The predicted molar refractivity (Wildman–Crippen MR) is 80.6 cm³/mol. The fourth-order valence-corrected chi connectivity index (χ4v) is 4.69. The van der Waals surface area contributed by atoms with Gasteiger partial charge in [-0.1, -0.05) is 0 Å². The summed E-state index contributed by atoms with van der Waals surface area (Å²) in [6, 6.07) is 1.72. The van der Waals surface area contributed by atoms with Crippen LogP contribution < -0.4 is 4.72 Å². The third kappa shape index (κ3) is 3.47. The van der Waals surface area contributed by atoms with Gasteiger partial charge in [-0.3, -0.25) is 5.10 Å². The predicted octanol–water partition coefficient (Wildman–Crippen LogP) is 2.31. The van der Waals surface area contributed by atoms with E-state index in [2.05, 4.69) is 14.9 Å². The Morgan fingerprint density at radius 2 is 2.10 bits per heavy atom. The van der Waals surface area contributed by atoms with E-state index in [1.165, 1.54) is 11.3 Å². The maximum atomic E-state index is 12.2. The summed E-state index contributed by atoms with van der Waals surface area (Å²) >= 11 is 1.50. The van der Waals surface area contributed by atoms with Crippen LogP contribution in [0.2, 0.25) is 0 Å². The van der Waals surface area contributed by atoms with Crippen LogP contribution in [0.5, 0.6) is 0 Å². The molecule has 0 aliphatic rings. The van der Waals surface area contributed by atoms with Gasteiger partial charge in [0.15, 0.2) is 0 Å². The number of rotatable bonds is 6. The van der Waals surface area contributed by atoms with E-state index in [0.717, 1.165) is 33.9 Å². The van der Waals surface area contributed by atoms with E-state index in [9.17, 15) is 8.42 Å². The second-order valence-electron chi connectivity index (χ2n) is 4.80. The average molecular weight is 313 g/mol. The third-order valence-electron chi connectivity index (χ3n) is 3.13. The van der Waals surface area contributed by atoms with Crippen LogP contribution in [0.3, 0.4) is 0 Å². The molecule has 2 aromatic rings. The van der Waals surface area contributed by atoms with Gasteiger partial charge in [-0.15, -0.1) is 11.3 Å². The average Bonchev–Trinajstić information content (AvgIpc) is 2.91. The lowest BCUT2D eigenvalue weighted by Gasteiger charge is -2.06. The summed E-state index contributed by atoms with van der Waals surface area (Å²) in [6.45, 7) is 6.14. The summed E-state index contributed by atoms with van der Waals surface area (Å²) in [6.07, 6.45) is 3.35. The van der Waals surface area contributed by atoms with Gasteiger partial charge in [0.1, 0.15) is 0 Å². The lowest BCUT2D eigenvalue weighted by molar-refractivity contribution is 0.579. The lowest BCUT2D eigenvalue weighted by Crippen LogP contribution is -2.25. The van der Waals surface area contributed by atoms with Gasteiger partial charge in [0.25, 0.3) is 0 Å². The summed E-state index contributed by atoms with van der Waals surface area (Å²) in [4.78, 5) is 2.25. The number of nitrogens with zero attached hydrogens (tertiary/aromatic N) is 1. The fraction of sp³-hybridized carbons (Fsp3) is 0.462. The van der Waals surface area contributed by atoms with Crippen molar-refractivity contribution in [3.8, 4) is 0 Å². The summed E-state index contributed by atoms with van der Waals surface area (Å²) in [7, 11) is -3.38. The van der Waals surface area contributed by atoms with Gasteiger partial charge in [-0.05, 0) is 45.2 Å². The monoisotopic (exact) mass is 313 g/mol. The molecule has 7 heteroatoms. The van der Waals surface area contributed by atoms with Crippen molar-refractivity contribution in [2.75, 3.05) is 6.54 Å². The molecule has 2 heterocycles. The Kier molecular flexibility index (Phi) is 4.62. The van der Waals surface area contributed by atoms with E-state index >= 15 is 0 Å². The second-order valence-corrected chi connectivity index (χ2v) is 7.99. The maximum absolute atomic E-state index is 12.2. The van der Waals surface area contributed by atoms with E-state index in [4.69, 9.17) is 0 Å². The molecule has 0 aromatic carbocycles. The molecule has 0 spiro atoms. The second kappa shape index (κ2) is 6.07. The van der Waals surface area contributed by atoms with Gasteiger partial charge in [0.05, 0.1) is 11.1 Å². The van der Waals surface area contributed by atoms with Crippen molar-refractivity contribution in [2.45, 2.75) is 38.5 Å². The van der Waals surface area contributed by atoms with E-state index in [0.29, 0.717) is 11.4 Å². The summed E-state index contributed by atoms with van der Waals surface area (Å²) < 4.78 is 27.0. The van der Waals surface area contributed by atoms with Gasteiger partial charge in [0.2, 0.25) is 10.0 Å². The Bertz CT molecular complexity index is 686. The van der Waals surface area contributed by atoms with E-state index in [1.807, 2.05) is 20.8 Å². The number of thiophene rings is 1. The van der Waals surface area contributed by atoms with Crippen LogP contribution in [-0.2, 0) is 16.4 Å². The Morgan fingerprint density at radius 1 is 1.35 bits per heavy atom. The molecular weight excluding hydrogens is 294 g/mol. The van der Waals surface area contributed by atoms with Crippen LogP contribution in [0, 0.1) is 20.8 Å². The van der Waals surface area contributed by atoms with Gasteiger partial charge < -0.3 is 0 Å². The van der Waals surface area contributed by atoms with Crippen molar-refractivity contribution < 1.29 is 8.42 Å². The minimum Gasteiger partial charge on any atom is -0.283 e. The fourth-order valence-electron chi connectivity index (χ4n) is 2.07. The minimum atomic E-state index is -3.38. The van der Waals surface area contributed by atoms with E-state index in [-0.39, 0.29) is 0 Å². The first-order valence-electron chi connectivity index (χ1n) is 6.45. The lowest BCUT2D eigenvalue weighted by atomic mass is 10.1. The van der Waals surface area contributed by atoms with Gasteiger partial charge in [-0.25, -0.2) is 13.1 Å². The van der Waals surface area contributed by atoms with Crippen LogP contribution in [0.25, 0.3) is 0 Å². The van der Waals surface area contributed by atoms with Gasteiger partial charge in [0, 0.05) is 22.0 Å². The van der Waals surface area contributed by atoms with Crippen molar-refractivity contribution in [2.24, 2.45) is 0 Å². The molecule has 0 unspecified atom stereocenters. The molecule has 20 heavy (non-hydrogen) atoms. The zero-order valence-corrected chi connectivity index (χ0v) is 13.5. The van der Waals surface area contributed by atoms with Crippen LogP contribution >= 0.6 is 11.3 Å². The standard InChI is InChI=1S/C13H19N3O2S2/c1-9-7-13(11(3)19-9)20(17,18)15-6-4-5-12-8-14-16-10(12)2/h7-8,15H,4-6H2,1-3H3,(H,14,16). The summed E-state index contributed by atoms with van der Waals surface area (Å²) in [5.74, 6) is 0. The van der Waals surface area contributed by atoms with Crippen molar-refractivity contribution in [1.82, 2.24) is 14.9 Å². The molecule has 2 aromatic heterocycles. The Hall–Kier alpha value is -1.18. The van der Waals surface area contributed by atoms with Crippen LogP contribution in [-0.4, -0.2) is 25.2 Å². The first-order valence-corrected chi connectivity index (χ1v) is 8.75. The molecule has 0 aliphatic heterocycles. The molecule has 0 bridgehead atoms. The molecule has 0 aliphatic carbocycles. The van der Waals surface area contributed by atoms with E-state index in [1.54, 1.807) is 12.3 Å².